The number of esters is 1. The van der Waals surface area contributed by atoms with E-state index in [4.69, 9.17) is 0 Å². The molecule has 0 fully saturated rings. The molecule has 0 aromatic heterocycles. The number of carbonyl (C=O) groups is 3. The van der Waals surface area contributed by atoms with Crippen molar-refractivity contribution in [2.75, 3.05) is 18.5 Å². The van der Waals surface area contributed by atoms with Crippen LogP contribution in [-0.4, -0.2) is 30.9 Å². The van der Waals surface area contributed by atoms with Gasteiger partial charge in [-0.25, -0.2) is 8.78 Å². The van der Waals surface area contributed by atoms with Crippen LogP contribution in [0.4, 0.5) is 14.5 Å². The van der Waals surface area contributed by atoms with Gasteiger partial charge >= 0.3 is 5.97 Å². The highest BCUT2D eigenvalue weighted by molar-refractivity contribution is 5.94. The van der Waals surface area contributed by atoms with Crippen molar-refractivity contribution in [1.82, 2.24) is 5.32 Å². The summed E-state index contributed by atoms with van der Waals surface area (Å²) in [5.41, 5.74) is 0.0625. The summed E-state index contributed by atoms with van der Waals surface area (Å²) < 4.78 is 30.3. The molecule has 2 amide bonds. The lowest BCUT2D eigenvalue weighted by Gasteiger charge is -2.07. The van der Waals surface area contributed by atoms with Crippen molar-refractivity contribution < 1.29 is 27.9 Å². The molecule has 0 saturated carbocycles. The molecule has 2 N–H and O–H groups in total. The van der Waals surface area contributed by atoms with Crippen LogP contribution in [0.25, 0.3) is 0 Å². The first kappa shape index (κ1) is 17.5. The lowest BCUT2D eigenvalue weighted by molar-refractivity contribution is -0.148. The van der Waals surface area contributed by atoms with Crippen molar-refractivity contribution in [2.45, 2.75) is 19.8 Å². The number of anilines is 1. The number of amides is 2. The molecular weight excluding hydrogens is 298 g/mol. The molecule has 0 aliphatic heterocycles. The van der Waals surface area contributed by atoms with Gasteiger partial charge in [-0.2, -0.15) is 0 Å². The number of carbonyl (C=O) groups excluding carboxylic acids is 3. The Bertz CT molecular complexity index is 564. The van der Waals surface area contributed by atoms with Crippen LogP contribution >= 0.6 is 0 Å². The van der Waals surface area contributed by atoms with E-state index in [0.717, 1.165) is 12.1 Å². The smallest absolute Gasteiger partial charge is 0.306 e. The van der Waals surface area contributed by atoms with E-state index in [1.54, 1.807) is 6.92 Å². The van der Waals surface area contributed by atoms with E-state index < -0.39 is 36.0 Å². The summed E-state index contributed by atoms with van der Waals surface area (Å²) in [6.45, 7) is 0.935. The summed E-state index contributed by atoms with van der Waals surface area (Å²) >= 11 is 0. The Labute approximate surface area is 125 Å². The minimum atomic E-state index is -1.09. The van der Waals surface area contributed by atoms with Crippen LogP contribution in [0.3, 0.4) is 0 Å². The number of rotatable bonds is 7. The summed E-state index contributed by atoms with van der Waals surface area (Å²) in [6, 6.07) is 2.88. The third-order valence-electron chi connectivity index (χ3n) is 2.47. The highest BCUT2D eigenvalue weighted by atomic mass is 19.2. The van der Waals surface area contributed by atoms with Crippen LogP contribution in [0.5, 0.6) is 0 Å². The van der Waals surface area contributed by atoms with Crippen molar-refractivity contribution in [1.29, 1.82) is 0 Å². The van der Waals surface area contributed by atoms with Gasteiger partial charge in [-0.05, 0) is 18.6 Å². The molecule has 6 nitrogen and oxygen atoms in total. The second-order valence-electron chi connectivity index (χ2n) is 4.36. The van der Waals surface area contributed by atoms with Crippen LogP contribution in [0.2, 0.25) is 0 Å². The average Bonchev–Trinajstić information content (AvgIpc) is 2.47. The summed E-state index contributed by atoms with van der Waals surface area (Å²) in [4.78, 5) is 33.9. The van der Waals surface area contributed by atoms with Gasteiger partial charge in [-0.15, -0.1) is 0 Å². The molecule has 0 spiro atoms. The van der Waals surface area contributed by atoms with E-state index in [-0.39, 0.29) is 18.7 Å². The van der Waals surface area contributed by atoms with Gasteiger partial charge < -0.3 is 15.4 Å². The maximum atomic E-state index is 12.9. The molecule has 22 heavy (non-hydrogen) atoms. The summed E-state index contributed by atoms with van der Waals surface area (Å²) in [5, 5.41) is 4.51. The van der Waals surface area contributed by atoms with Gasteiger partial charge in [0, 0.05) is 18.2 Å². The molecule has 1 aromatic rings. The molecule has 0 saturated heterocycles. The van der Waals surface area contributed by atoms with Crippen LogP contribution in [0.15, 0.2) is 18.2 Å². The molecule has 120 valence electrons. The lowest BCUT2D eigenvalue weighted by Crippen LogP contribution is -2.35. The Morgan fingerprint density at radius 2 is 1.86 bits per heavy atom. The van der Waals surface area contributed by atoms with E-state index >= 15 is 0 Å². The topological polar surface area (TPSA) is 84.5 Å². The Balaban J connectivity index is 2.31. The Hall–Kier alpha value is -2.51. The van der Waals surface area contributed by atoms with Crippen molar-refractivity contribution >= 4 is 23.5 Å². The first-order chi connectivity index (χ1) is 10.4. The number of ether oxygens (including phenoxy) is 1. The maximum absolute atomic E-state index is 12.9. The van der Waals surface area contributed by atoms with Crippen molar-refractivity contribution in [2.24, 2.45) is 0 Å². The molecule has 0 heterocycles. The third kappa shape index (κ3) is 6.29. The predicted octanol–water partition coefficient (Wildman–Crippen LogP) is 1.36. The minimum Gasteiger partial charge on any atom is -0.456 e. The fraction of sp³-hybridized carbons (Fsp3) is 0.357. The standard InChI is InChI=1S/C14H16F2N2O4/c1-2-3-14(21)22-8-13(20)17-7-12(19)18-9-4-5-10(15)11(16)6-9/h4-6H,2-3,7-8H2,1H3,(H,17,20)(H,18,19). The normalized spacial score (nSPS) is 9.95. The largest absolute Gasteiger partial charge is 0.456 e. The molecule has 0 unspecified atom stereocenters. The Morgan fingerprint density at radius 1 is 1.14 bits per heavy atom. The van der Waals surface area contributed by atoms with Crippen LogP contribution < -0.4 is 10.6 Å². The molecule has 8 heteroatoms. The van der Waals surface area contributed by atoms with Crippen LogP contribution in [0.1, 0.15) is 19.8 Å². The van der Waals surface area contributed by atoms with Crippen LogP contribution in [-0.2, 0) is 19.1 Å². The molecule has 0 aliphatic rings. The first-order valence-corrected chi connectivity index (χ1v) is 6.59. The second-order valence-corrected chi connectivity index (χ2v) is 4.36. The molecule has 1 rings (SSSR count). The first-order valence-electron chi connectivity index (χ1n) is 6.59. The average molecular weight is 314 g/mol. The van der Waals surface area contributed by atoms with Crippen molar-refractivity contribution in [3.8, 4) is 0 Å². The van der Waals surface area contributed by atoms with E-state index in [2.05, 4.69) is 15.4 Å². The third-order valence-corrected chi connectivity index (χ3v) is 2.47. The number of nitrogens with one attached hydrogen (secondary N) is 2. The van der Waals surface area contributed by atoms with Crippen molar-refractivity contribution in [3.05, 3.63) is 29.8 Å². The number of halogens is 2. The zero-order chi connectivity index (χ0) is 16.5. The summed E-state index contributed by atoms with van der Waals surface area (Å²) in [5.74, 6) is -3.88. The van der Waals surface area contributed by atoms with Gasteiger partial charge in [0.2, 0.25) is 5.91 Å². The fourth-order valence-electron chi connectivity index (χ4n) is 1.43. The van der Waals surface area contributed by atoms with E-state index in [9.17, 15) is 23.2 Å². The van der Waals surface area contributed by atoms with Gasteiger partial charge in [0.15, 0.2) is 18.2 Å². The fourth-order valence-corrected chi connectivity index (χ4v) is 1.43. The number of hydrogen-bond acceptors (Lipinski definition) is 4. The predicted molar refractivity (Wildman–Crippen MR) is 73.9 cm³/mol. The highest BCUT2D eigenvalue weighted by Crippen LogP contribution is 2.12. The van der Waals surface area contributed by atoms with Crippen LogP contribution in [0, 0.1) is 11.6 Å². The quantitative estimate of drug-likeness (QED) is 0.744. The van der Waals surface area contributed by atoms with Gasteiger partial charge in [-0.3, -0.25) is 14.4 Å². The highest BCUT2D eigenvalue weighted by Gasteiger charge is 2.10. The Kier molecular flexibility index (Phi) is 6.94. The maximum Gasteiger partial charge on any atom is 0.306 e. The van der Waals surface area contributed by atoms with Gasteiger partial charge in [0.25, 0.3) is 5.91 Å². The number of benzene rings is 1. The second kappa shape index (κ2) is 8.71. The van der Waals surface area contributed by atoms with Crippen molar-refractivity contribution in [3.63, 3.8) is 0 Å². The van der Waals surface area contributed by atoms with Gasteiger partial charge in [0.05, 0.1) is 6.54 Å². The molecule has 0 radical (unpaired) electrons. The van der Waals surface area contributed by atoms with E-state index in [1.165, 1.54) is 6.07 Å². The van der Waals surface area contributed by atoms with Gasteiger partial charge in [0.1, 0.15) is 0 Å². The molecule has 0 bridgehead atoms. The van der Waals surface area contributed by atoms with Gasteiger partial charge in [-0.1, -0.05) is 6.92 Å². The molecule has 0 atom stereocenters. The minimum absolute atomic E-state index is 0.0625. The SMILES string of the molecule is CCCC(=O)OCC(=O)NCC(=O)Nc1ccc(F)c(F)c1. The number of hydrogen-bond donors (Lipinski definition) is 2. The summed E-state index contributed by atoms with van der Waals surface area (Å²) in [7, 11) is 0. The molecule has 0 aliphatic carbocycles. The lowest BCUT2D eigenvalue weighted by atomic mass is 10.3. The van der Waals surface area contributed by atoms with E-state index in [0.29, 0.717) is 6.42 Å². The molecule has 1 aromatic carbocycles. The zero-order valence-corrected chi connectivity index (χ0v) is 11.9. The zero-order valence-electron chi connectivity index (χ0n) is 11.9. The van der Waals surface area contributed by atoms with E-state index in [1.807, 2.05) is 0 Å². The Morgan fingerprint density at radius 3 is 2.50 bits per heavy atom. The summed E-state index contributed by atoms with van der Waals surface area (Å²) in [6.07, 6.45) is 0.820. The monoisotopic (exact) mass is 314 g/mol. The molecular formula is C14H16F2N2O4.